The number of nitrogens with one attached hydrogen (secondary N) is 3. The maximum absolute atomic E-state index is 12.3. The zero-order valence-corrected chi connectivity index (χ0v) is 18.4. The van der Waals surface area contributed by atoms with E-state index in [4.69, 9.17) is 0 Å². The van der Waals surface area contributed by atoms with Crippen molar-refractivity contribution in [1.82, 2.24) is 25.5 Å². The van der Waals surface area contributed by atoms with Crippen molar-refractivity contribution >= 4 is 23.2 Å². The molecule has 0 atom stereocenters. The van der Waals surface area contributed by atoms with Gasteiger partial charge in [-0.3, -0.25) is 9.59 Å². The van der Waals surface area contributed by atoms with Gasteiger partial charge in [-0.1, -0.05) is 23.8 Å². The average Bonchev–Trinajstić information content (AvgIpc) is 3.14. The minimum absolute atomic E-state index is 0.0347. The Labute approximate surface area is 181 Å². The van der Waals surface area contributed by atoms with Gasteiger partial charge in [0.05, 0.1) is 18.8 Å². The zero-order chi connectivity index (χ0) is 22.5. The normalized spacial score (nSPS) is 10.6. The minimum atomic E-state index is -0.284. The number of rotatable bonds is 7. The van der Waals surface area contributed by atoms with Gasteiger partial charge in [0.2, 0.25) is 11.8 Å². The molecule has 3 N–H and O–H groups in total. The summed E-state index contributed by atoms with van der Waals surface area (Å²) in [5, 5.41) is 20.1. The van der Waals surface area contributed by atoms with Crippen molar-refractivity contribution in [2.75, 3.05) is 23.7 Å². The molecular weight excluding hydrogens is 394 g/mol. The van der Waals surface area contributed by atoms with E-state index in [9.17, 15) is 9.59 Å². The van der Waals surface area contributed by atoms with Crippen LogP contribution in [0, 0.1) is 34.6 Å². The highest BCUT2D eigenvalue weighted by molar-refractivity contribution is 5.96. The summed E-state index contributed by atoms with van der Waals surface area (Å²) in [5.41, 5.74) is 6.49. The molecule has 0 spiro atoms. The molecule has 2 aromatic carbocycles. The van der Waals surface area contributed by atoms with Crippen molar-refractivity contribution in [1.29, 1.82) is 0 Å². The smallest absolute Gasteiger partial charge is 0.243 e. The van der Waals surface area contributed by atoms with Crippen LogP contribution < -0.4 is 16.0 Å². The predicted molar refractivity (Wildman–Crippen MR) is 119 cm³/mol. The molecule has 0 saturated heterocycles. The topological polar surface area (TPSA) is 114 Å². The van der Waals surface area contributed by atoms with Gasteiger partial charge in [0.15, 0.2) is 5.82 Å². The third kappa shape index (κ3) is 5.44. The summed E-state index contributed by atoms with van der Waals surface area (Å²) in [5.74, 6) is 0.117. The van der Waals surface area contributed by atoms with Gasteiger partial charge in [-0.15, -0.1) is 5.10 Å². The van der Waals surface area contributed by atoms with E-state index in [-0.39, 0.29) is 24.9 Å². The molecule has 3 aromatic rings. The maximum atomic E-state index is 12.3. The molecule has 0 aliphatic rings. The molecule has 31 heavy (non-hydrogen) atoms. The highest BCUT2D eigenvalue weighted by Crippen LogP contribution is 2.22. The third-order valence-corrected chi connectivity index (χ3v) is 4.90. The van der Waals surface area contributed by atoms with Crippen LogP contribution in [0.2, 0.25) is 0 Å². The first-order chi connectivity index (χ1) is 14.7. The van der Waals surface area contributed by atoms with Gasteiger partial charge < -0.3 is 16.0 Å². The second kappa shape index (κ2) is 9.38. The standard InChI is InChI=1S/C22H27N7O2/c1-13-8-15(3)22(16(4)9-13)25-21(31)12-24-20(30)11-23-18-7-6-14(2)19(10-18)29-17(5)26-27-28-29/h6-10,23H,11-12H2,1-5H3,(H,24,30)(H,25,31). The first-order valence-corrected chi connectivity index (χ1v) is 9.99. The highest BCUT2D eigenvalue weighted by Gasteiger charge is 2.11. The molecule has 0 aliphatic heterocycles. The Morgan fingerprint density at radius 1 is 0.903 bits per heavy atom. The van der Waals surface area contributed by atoms with E-state index < -0.39 is 0 Å². The molecule has 0 fully saturated rings. The molecule has 0 aliphatic carbocycles. The van der Waals surface area contributed by atoms with E-state index in [1.54, 1.807) is 4.68 Å². The lowest BCUT2D eigenvalue weighted by Crippen LogP contribution is -2.36. The molecule has 162 valence electrons. The molecule has 0 bridgehead atoms. The van der Waals surface area contributed by atoms with Gasteiger partial charge in [0.1, 0.15) is 0 Å². The molecule has 0 radical (unpaired) electrons. The summed E-state index contributed by atoms with van der Waals surface area (Å²) < 4.78 is 1.64. The van der Waals surface area contributed by atoms with Crippen LogP contribution in [-0.4, -0.2) is 45.1 Å². The lowest BCUT2D eigenvalue weighted by atomic mass is 10.1. The van der Waals surface area contributed by atoms with E-state index in [2.05, 4.69) is 31.5 Å². The van der Waals surface area contributed by atoms with Crippen LogP contribution in [-0.2, 0) is 9.59 Å². The van der Waals surface area contributed by atoms with Gasteiger partial charge in [-0.25, -0.2) is 0 Å². The molecule has 3 rings (SSSR count). The summed E-state index contributed by atoms with van der Waals surface area (Å²) in [6.07, 6.45) is 0. The number of tetrazole rings is 1. The first kappa shape index (κ1) is 21.9. The Morgan fingerprint density at radius 2 is 1.61 bits per heavy atom. The Hall–Kier alpha value is -3.75. The quantitative estimate of drug-likeness (QED) is 0.540. The Morgan fingerprint density at radius 3 is 2.26 bits per heavy atom. The van der Waals surface area contributed by atoms with Crippen molar-refractivity contribution in [3.8, 4) is 5.69 Å². The van der Waals surface area contributed by atoms with Crippen LogP contribution in [0.3, 0.4) is 0 Å². The monoisotopic (exact) mass is 421 g/mol. The fraction of sp³-hybridized carbons (Fsp3) is 0.318. The highest BCUT2D eigenvalue weighted by atomic mass is 16.2. The molecule has 0 saturated carbocycles. The first-order valence-electron chi connectivity index (χ1n) is 9.99. The fourth-order valence-corrected chi connectivity index (χ4v) is 3.39. The number of carbonyl (C=O) groups excluding carboxylic acids is 2. The number of aryl methyl sites for hydroxylation is 5. The van der Waals surface area contributed by atoms with Crippen LogP contribution in [0.5, 0.6) is 0 Å². The molecule has 9 heteroatoms. The van der Waals surface area contributed by atoms with Gasteiger partial charge in [0.25, 0.3) is 0 Å². The van der Waals surface area contributed by atoms with Gasteiger partial charge >= 0.3 is 0 Å². The van der Waals surface area contributed by atoms with E-state index in [0.29, 0.717) is 5.82 Å². The number of aromatic nitrogens is 4. The lowest BCUT2D eigenvalue weighted by Gasteiger charge is -2.14. The van der Waals surface area contributed by atoms with Crippen LogP contribution in [0.15, 0.2) is 30.3 Å². The molecule has 0 unspecified atom stereocenters. The second-order valence-corrected chi connectivity index (χ2v) is 7.59. The van der Waals surface area contributed by atoms with E-state index in [1.165, 1.54) is 0 Å². The SMILES string of the molecule is Cc1cc(C)c(NC(=O)CNC(=O)CNc2ccc(C)c(-n3nnnc3C)c2)c(C)c1. The van der Waals surface area contributed by atoms with Crippen LogP contribution in [0.1, 0.15) is 28.1 Å². The predicted octanol–water partition coefficient (Wildman–Crippen LogP) is 2.37. The van der Waals surface area contributed by atoms with Gasteiger partial charge in [0, 0.05) is 11.4 Å². The summed E-state index contributed by atoms with van der Waals surface area (Å²) >= 11 is 0. The van der Waals surface area contributed by atoms with Crippen LogP contribution in [0.25, 0.3) is 5.69 Å². The van der Waals surface area contributed by atoms with Crippen molar-refractivity contribution in [2.24, 2.45) is 0 Å². The molecule has 9 nitrogen and oxygen atoms in total. The molecule has 2 amide bonds. The van der Waals surface area contributed by atoms with E-state index >= 15 is 0 Å². The molecule has 1 heterocycles. The lowest BCUT2D eigenvalue weighted by molar-refractivity contribution is -0.122. The number of hydrogen-bond donors (Lipinski definition) is 3. The third-order valence-electron chi connectivity index (χ3n) is 4.90. The van der Waals surface area contributed by atoms with E-state index in [0.717, 1.165) is 39.3 Å². The number of benzene rings is 2. The van der Waals surface area contributed by atoms with Crippen LogP contribution in [0.4, 0.5) is 11.4 Å². The van der Waals surface area contributed by atoms with Crippen molar-refractivity contribution in [2.45, 2.75) is 34.6 Å². The second-order valence-electron chi connectivity index (χ2n) is 7.59. The van der Waals surface area contributed by atoms with Crippen LogP contribution >= 0.6 is 0 Å². The summed E-state index contributed by atoms with van der Waals surface area (Å²) in [4.78, 5) is 24.5. The van der Waals surface area contributed by atoms with Crippen molar-refractivity contribution < 1.29 is 9.59 Å². The Balaban J connectivity index is 1.53. The summed E-state index contributed by atoms with van der Waals surface area (Å²) in [6.45, 7) is 9.62. The molecule has 1 aromatic heterocycles. The zero-order valence-electron chi connectivity index (χ0n) is 18.4. The van der Waals surface area contributed by atoms with Crippen molar-refractivity contribution in [3.05, 3.63) is 58.4 Å². The number of anilines is 2. The average molecular weight is 422 g/mol. The Bertz CT molecular complexity index is 1100. The maximum Gasteiger partial charge on any atom is 0.243 e. The van der Waals surface area contributed by atoms with Gasteiger partial charge in [-0.2, -0.15) is 4.68 Å². The minimum Gasteiger partial charge on any atom is -0.376 e. The fourth-order valence-electron chi connectivity index (χ4n) is 3.39. The van der Waals surface area contributed by atoms with E-state index in [1.807, 2.05) is 65.0 Å². The van der Waals surface area contributed by atoms with Crippen molar-refractivity contribution in [3.63, 3.8) is 0 Å². The molecular formula is C22H27N7O2. The number of hydrogen-bond acceptors (Lipinski definition) is 6. The number of amides is 2. The van der Waals surface area contributed by atoms with Gasteiger partial charge in [-0.05, 0) is 73.9 Å². The number of nitrogens with zero attached hydrogens (tertiary/aromatic N) is 4. The summed E-state index contributed by atoms with van der Waals surface area (Å²) in [7, 11) is 0. The number of carbonyl (C=O) groups is 2. The largest absolute Gasteiger partial charge is 0.376 e. The summed E-state index contributed by atoms with van der Waals surface area (Å²) in [6, 6.07) is 9.70. The Kier molecular flexibility index (Phi) is 6.64.